The van der Waals surface area contributed by atoms with Crippen LogP contribution >= 0.6 is 0 Å². The Bertz CT molecular complexity index is 575. The van der Waals surface area contributed by atoms with Gasteiger partial charge in [0.15, 0.2) is 0 Å². The number of carbonyl (C=O) groups is 1. The minimum Gasteiger partial charge on any atom is -0.390 e. The lowest BCUT2D eigenvalue weighted by atomic mass is 9.44. The third kappa shape index (κ3) is 3.32. The van der Waals surface area contributed by atoms with Crippen LogP contribution in [0.1, 0.15) is 105 Å². The molecule has 0 spiro atoms. The van der Waals surface area contributed by atoms with Gasteiger partial charge in [-0.25, -0.2) is 0 Å². The quantitative estimate of drug-likeness (QED) is 0.640. The van der Waals surface area contributed by atoms with Crippen LogP contribution in [0.3, 0.4) is 0 Å². The second-order valence-corrected chi connectivity index (χ2v) is 11.9. The monoisotopic (exact) mass is 374 g/mol. The molecule has 1 N–H and O–H groups in total. The third-order valence-corrected chi connectivity index (χ3v) is 9.80. The minimum absolute atomic E-state index is 0.232. The normalized spacial score (nSPS) is 47.3. The van der Waals surface area contributed by atoms with Crippen LogP contribution in [0, 0.1) is 40.4 Å². The van der Waals surface area contributed by atoms with Crippen molar-refractivity contribution in [1.82, 2.24) is 0 Å². The van der Waals surface area contributed by atoms with E-state index in [2.05, 4.69) is 13.8 Å². The molecule has 4 aliphatic carbocycles. The van der Waals surface area contributed by atoms with Gasteiger partial charge >= 0.3 is 0 Å². The summed E-state index contributed by atoms with van der Waals surface area (Å²) in [6, 6.07) is 0. The number of aliphatic hydroxyl groups is 1. The standard InChI is InChI=1S/C25H42O2/c1-23(2,27)14-7-9-18-11-13-20-19-12-10-17-8-5-6-15-24(17,3)22(19)21(26)16-25(18,20)4/h17-20,22,27H,5-16H2,1-4H3. The van der Waals surface area contributed by atoms with E-state index in [4.69, 9.17) is 0 Å². The number of carbonyl (C=O) groups excluding carboxylic acids is 1. The molecule has 0 amide bonds. The summed E-state index contributed by atoms with van der Waals surface area (Å²) in [5.41, 5.74) is -0.0192. The summed E-state index contributed by atoms with van der Waals surface area (Å²) in [4.78, 5) is 13.6. The number of Topliss-reactive ketones (excluding diaryl/α,β-unsaturated/α-hetero) is 1. The van der Waals surface area contributed by atoms with E-state index in [1.165, 1.54) is 57.8 Å². The molecule has 27 heavy (non-hydrogen) atoms. The van der Waals surface area contributed by atoms with Crippen molar-refractivity contribution in [3.8, 4) is 0 Å². The Hall–Kier alpha value is -0.370. The molecule has 0 aromatic carbocycles. The largest absolute Gasteiger partial charge is 0.390 e. The molecule has 0 aliphatic heterocycles. The van der Waals surface area contributed by atoms with E-state index < -0.39 is 5.60 Å². The highest BCUT2D eigenvalue weighted by Gasteiger charge is 2.62. The molecule has 2 nitrogen and oxygen atoms in total. The summed E-state index contributed by atoms with van der Waals surface area (Å²) in [5, 5.41) is 10.1. The highest BCUT2D eigenvalue weighted by atomic mass is 16.3. The first kappa shape index (κ1) is 19.9. The van der Waals surface area contributed by atoms with Gasteiger partial charge in [-0.15, -0.1) is 0 Å². The van der Waals surface area contributed by atoms with Gasteiger partial charge in [-0.2, -0.15) is 0 Å². The van der Waals surface area contributed by atoms with Crippen LogP contribution in [0.25, 0.3) is 0 Å². The Morgan fingerprint density at radius 3 is 2.56 bits per heavy atom. The molecular weight excluding hydrogens is 332 g/mol. The minimum atomic E-state index is -0.555. The predicted octanol–water partition coefficient (Wildman–Crippen LogP) is 6.16. The zero-order chi connectivity index (χ0) is 19.4. The number of hydrogen-bond acceptors (Lipinski definition) is 2. The van der Waals surface area contributed by atoms with Gasteiger partial charge in [-0.3, -0.25) is 4.79 Å². The molecule has 4 rings (SSSR count). The third-order valence-electron chi connectivity index (χ3n) is 9.80. The number of fused-ring (bicyclic) bond motifs is 5. The first-order chi connectivity index (χ1) is 12.7. The van der Waals surface area contributed by atoms with Crippen LogP contribution < -0.4 is 0 Å². The second-order valence-electron chi connectivity index (χ2n) is 11.9. The van der Waals surface area contributed by atoms with Crippen molar-refractivity contribution in [1.29, 1.82) is 0 Å². The molecule has 0 heterocycles. The Labute approximate surface area is 166 Å². The van der Waals surface area contributed by atoms with Crippen LogP contribution in [-0.4, -0.2) is 16.5 Å². The van der Waals surface area contributed by atoms with E-state index >= 15 is 0 Å². The van der Waals surface area contributed by atoms with Crippen molar-refractivity contribution in [2.75, 3.05) is 0 Å². The molecule has 0 saturated heterocycles. The Morgan fingerprint density at radius 2 is 1.81 bits per heavy atom. The number of hydrogen-bond donors (Lipinski definition) is 1. The molecule has 4 aliphatic rings. The predicted molar refractivity (Wildman–Crippen MR) is 110 cm³/mol. The first-order valence-corrected chi connectivity index (χ1v) is 11.9. The Morgan fingerprint density at radius 1 is 1.04 bits per heavy atom. The van der Waals surface area contributed by atoms with Crippen LogP contribution in [0.2, 0.25) is 0 Å². The summed E-state index contributed by atoms with van der Waals surface area (Å²) in [7, 11) is 0. The molecular formula is C25H42O2. The van der Waals surface area contributed by atoms with E-state index in [1.807, 2.05) is 13.8 Å². The maximum Gasteiger partial charge on any atom is 0.137 e. The summed E-state index contributed by atoms with van der Waals surface area (Å²) in [5.74, 6) is 3.92. The molecule has 0 bridgehead atoms. The summed E-state index contributed by atoms with van der Waals surface area (Å²) < 4.78 is 0. The van der Waals surface area contributed by atoms with Gasteiger partial charge in [0.2, 0.25) is 0 Å². The van der Waals surface area contributed by atoms with Gasteiger partial charge in [-0.1, -0.05) is 33.1 Å². The average Bonchev–Trinajstić information content (AvgIpc) is 2.89. The van der Waals surface area contributed by atoms with Gasteiger partial charge in [0.1, 0.15) is 5.78 Å². The van der Waals surface area contributed by atoms with Crippen molar-refractivity contribution in [3.05, 3.63) is 0 Å². The fourth-order valence-corrected chi connectivity index (χ4v) is 8.47. The van der Waals surface area contributed by atoms with Crippen molar-refractivity contribution < 1.29 is 9.90 Å². The van der Waals surface area contributed by atoms with E-state index in [0.717, 1.165) is 31.1 Å². The van der Waals surface area contributed by atoms with Crippen LogP contribution in [0.4, 0.5) is 0 Å². The Balaban J connectivity index is 1.52. The topological polar surface area (TPSA) is 37.3 Å². The molecule has 0 radical (unpaired) electrons. The lowest BCUT2D eigenvalue weighted by Crippen LogP contribution is -2.56. The van der Waals surface area contributed by atoms with Crippen molar-refractivity contribution in [3.63, 3.8) is 0 Å². The van der Waals surface area contributed by atoms with Gasteiger partial charge < -0.3 is 5.11 Å². The van der Waals surface area contributed by atoms with Gasteiger partial charge in [0.05, 0.1) is 5.60 Å². The smallest absolute Gasteiger partial charge is 0.137 e. The molecule has 4 saturated carbocycles. The molecule has 7 atom stereocenters. The van der Waals surface area contributed by atoms with E-state index in [0.29, 0.717) is 29.0 Å². The average molecular weight is 375 g/mol. The zero-order valence-electron chi connectivity index (χ0n) is 18.2. The SMILES string of the molecule is CC(C)(O)CCCC1CCC2C3CCC4CCCCC4(C)C3C(=O)CC12C. The Kier molecular flexibility index (Phi) is 5.06. The van der Waals surface area contributed by atoms with E-state index in [-0.39, 0.29) is 5.41 Å². The molecule has 154 valence electrons. The molecule has 4 fully saturated rings. The lowest BCUT2D eigenvalue weighted by molar-refractivity contribution is -0.157. The van der Waals surface area contributed by atoms with Crippen LogP contribution in [0.15, 0.2) is 0 Å². The lowest BCUT2D eigenvalue weighted by Gasteiger charge is -2.59. The first-order valence-electron chi connectivity index (χ1n) is 11.9. The zero-order valence-corrected chi connectivity index (χ0v) is 18.2. The van der Waals surface area contributed by atoms with E-state index in [1.54, 1.807) is 0 Å². The molecule has 0 aromatic heterocycles. The van der Waals surface area contributed by atoms with Crippen molar-refractivity contribution in [2.45, 2.75) is 110 Å². The highest BCUT2D eigenvalue weighted by molar-refractivity contribution is 5.84. The van der Waals surface area contributed by atoms with Crippen LogP contribution in [-0.2, 0) is 4.79 Å². The number of rotatable bonds is 4. The number of ketones is 1. The fourth-order valence-electron chi connectivity index (χ4n) is 8.47. The second kappa shape index (κ2) is 6.85. The van der Waals surface area contributed by atoms with Crippen molar-refractivity contribution in [2.24, 2.45) is 40.4 Å². The van der Waals surface area contributed by atoms with Crippen LogP contribution in [0.5, 0.6) is 0 Å². The van der Waals surface area contributed by atoms with Gasteiger partial charge in [0, 0.05) is 12.3 Å². The van der Waals surface area contributed by atoms with Gasteiger partial charge in [-0.05, 0) is 99.7 Å². The summed E-state index contributed by atoms with van der Waals surface area (Å²) >= 11 is 0. The molecule has 2 heteroatoms. The summed E-state index contributed by atoms with van der Waals surface area (Å²) in [6.07, 6.45) is 14.7. The summed E-state index contributed by atoms with van der Waals surface area (Å²) in [6.45, 7) is 8.79. The van der Waals surface area contributed by atoms with Crippen molar-refractivity contribution >= 4 is 5.78 Å². The highest BCUT2D eigenvalue weighted by Crippen LogP contribution is 2.66. The fraction of sp³-hybridized carbons (Fsp3) is 0.960. The maximum atomic E-state index is 13.6. The van der Waals surface area contributed by atoms with E-state index in [9.17, 15) is 9.90 Å². The molecule has 0 aromatic rings. The maximum absolute atomic E-state index is 13.6. The molecule has 7 unspecified atom stereocenters. The van der Waals surface area contributed by atoms with Gasteiger partial charge in [0.25, 0.3) is 0 Å².